The summed E-state index contributed by atoms with van der Waals surface area (Å²) < 4.78 is 6.04. The molecule has 100 valence electrons. The van der Waals surface area contributed by atoms with Gasteiger partial charge in [0.15, 0.2) is 0 Å². The number of aromatic amines is 1. The van der Waals surface area contributed by atoms with Gasteiger partial charge in [-0.2, -0.15) is 27.2 Å². The predicted molar refractivity (Wildman–Crippen MR) is 69.3 cm³/mol. The van der Waals surface area contributed by atoms with E-state index in [1.165, 1.54) is 11.5 Å². The topological polar surface area (TPSA) is 71.0 Å². The quantitative estimate of drug-likeness (QED) is 0.852. The fourth-order valence-electron chi connectivity index (χ4n) is 3.02. The van der Waals surface area contributed by atoms with Crippen molar-refractivity contribution in [2.45, 2.75) is 37.4 Å². The Balaban J connectivity index is 1.70. The molecule has 2 fully saturated rings. The summed E-state index contributed by atoms with van der Waals surface area (Å²) in [5, 5.41) is 20.7. The number of H-pyrrole nitrogens is 1. The summed E-state index contributed by atoms with van der Waals surface area (Å²) in [5.41, 5.74) is 0.668. The molecule has 2 aliphatic rings. The van der Waals surface area contributed by atoms with Gasteiger partial charge in [0, 0.05) is 6.61 Å². The lowest BCUT2D eigenvalue weighted by atomic mass is 9.79. The molecule has 5 nitrogen and oxygen atoms in total. The number of aromatic nitrogens is 3. The molecule has 6 heteroatoms. The third-order valence-electron chi connectivity index (χ3n) is 4.12. The Morgan fingerprint density at radius 1 is 1.50 bits per heavy atom. The van der Waals surface area contributed by atoms with Crippen LogP contribution in [0.25, 0.3) is 0 Å². The zero-order chi connectivity index (χ0) is 12.4. The molecular formula is C12H19N3O2S. The summed E-state index contributed by atoms with van der Waals surface area (Å²) in [6.07, 6.45) is 5.17. The molecule has 2 N–H and O–H groups in total. The number of rotatable bonds is 2. The minimum Gasteiger partial charge on any atom is -0.386 e. The number of nitrogens with one attached hydrogen (secondary N) is 1. The third-order valence-corrected chi connectivity index (χ3v) is 5.10. The Bertz CT molecular complexity index is 373. The van der Waals surface area contributed by atoms with E-state index in [0.29, 0.717) is 5.69 Å². The maximum atomic E-state index is 10.4. The smallest absolute Gasteiger partial charge is 0.111 e. The van der Waals surface area contributed by atoms with E-state index in [1.54, 1.807) is 6.20 Å². The Hall–Kier alpha value is -0.590. The van der Waals surface area contributed by atoms with Gasteiger partial charge in [0.25, 0.3) is 0 Å². The average molecular weight is 269 g/mol. The Kier molecular flexibility index (Phi) is 3.59. The molecule has 1 aromatic rings. The van der Waals surface area contributed by atoms with Crippen molar-refractivity contribution in [3.63, 3.8) is 0 Å². The summed E-state index contributed by atoms with van der Waals surface area (Å²) in [7, 11) is 0. The monoisotopic (exact) mass is 269 g/mol. The van der Waals surface area contributed by atoms with Gasteiger partial charge in [-0.25, -0.2) is 0 Å². The molecule has 0 aliphatic carbocycles. The third kappa shape index (κ3) is 2.41. The normalized spacial score (nSPS) is 29.3. The number of ether oxygens (including phenoxy) is 1. The van der Waals surface area contributed by atoms with Crippen LogP contribution in [0.5, 0.6) is 0 Å². The first-order valence-electron chi connectivity index (χ1n) is 6.55. The first kappa shape index (κ1) is 12.4. The number of aliphatic hydroxyl groups excluding tert-OH is 1. The highest BCUT2D eigenvalue weighted by molar-refractivity contribution is 7.99. The fraction of sp³-hybridized carbons (Fsp3) is 0.833. The van der Waals surface area contributed by atoms with Crippen molar-refractivity contribution in [1.82, 2.24) is 15.4 Å². The van der Waals surface area contributed by atoms with Crippen LogP contribution in [0, 0.1) is 5.92 Å². The van der Waals surface area contributed by atoms with Gasteiger partial charge >= 0.3 is 0 Å². The van der Waals surface area contributed by atoms with Gasteiger partial charge in [-0.05, 0) is 43.1 Å². The molecule has 1 spiro atoms. The van der Waals surface area contributed by atoms with E-state index >= 15 is 0 Å². The van der Waals surface area contributed by atoms with Gasteiger partial charge < -0.3 is 9.84 Å². The molecule has 0 aromatic carbocycles. The maximum Gasteiger partial charge on any atom is 0.111 e. The molecule has 2 atom stereocenters. The zero-order valence-corrected chi connectivity index (χ0v) is 11.2. The molecule has 0 bridgehead atoms. The summed E-state index contributed by atoms with van der Waals surface area (Å²) in [5.74, 6) is 2.59. The van der Waals surface area contributed by atoms with Gasteiger partial charge in [0.05, 0.1) is 11.8 Å². The van der Waals surface area contributed by atoms with Crippen LogP contribution in [-0.4, -0.2) is 44.2 Å². The highest BCUT2D eigenvalue weighted by atomic mass is 32.2. The van der Waals surface area contributed by atoms with E-state index in [9.17, 15) is 5.11 Å². The van der Waals surface area contributed by atoms with Crippen LogP contribution in [0.15, 0.2) is 6.20 Å². The SMILES string of the molecule is OC(c1cn[nH]n1)C1CCOC2(CCSCC2)C1. The fourth-order valence-corrected chi connectivity index (χ4v) is 4.26. The van der Waals surface area contributed by atoms with E-state index in [-0.39, 0.29) is 11.5 Å². The van der Waals surface area contributed by atoms with E-state index in [2.05, 4.69) is 15.4 Å². The second-order valence-electron chi connectivity index (χ2n) is 5.24. The van der Waals surface area contributed by atoms with Crippen LogP contribution >= 0.6 is 11.8 Å². The number of nitrogens with zero attached hydrogens (tertiary/aromatic N) is 2. The Morgan fingerprint density at radius 2 is 2.33 bits per heavy atom. The summed E-state index contributed by atoms with van der Waals surface area (Å²) in [6.45, 7) is 0.754. The van der Waals surface area contributed by atoms with E-state index in [4.69, 9.17) is 4.74 Å². The second-order valence-corrected chi connectivity index (χ2v) is 6.46. The number of aliphatic hydroxyl groups is 1. The lowest BCUT2D eigenvalue weighted by Gasteiger charge is -2.44. The highest BCUT2D eigenvalue weighted by Gasteiger charge is 2.41. The summed E-state index contributed by atoms with van der Waals surface area (Å²) in [6, 6.07) is 0. The number of hydrogen-bond acceptors (Lipinski definition) is 5. The first-order valence-corrected chi connectivity index (χ1v) is 7.70. The zero-order valence-electron chi connectivity index (χ0n) is 10.3. The molecule has 1 aromatic heterocycles. The van der Waals surface area contributed by atoms with Crippen molar-refractivity contribution < 1.29 is 9.84 Å². The van der Waals surface area contributed by atoms with E-state index in [0.717, 1.165) is 32.3 Å². The van der Waals surface area contributed by atoms with Crippen LogP contribution in [0.3, 0.4) is 0 Å². The Labute approximate surface area is 111 Å². The largest absolute Gasteiger partial charge is 0.386 e. The van der Waals surface area contributed by atoms with Crippen LogP contribution in [-0.2, 0) is 4.74 Å². The van der Waals surface area contributed by atoms with Crippen molar-refractivity contribution in [2.75, 3.05) is 18.1 Å². The summed E-state index contributed by atoms with van der Waals surface area (Å²) >= 11 is 2.00. The van der Waals surface area contributed by atoms with Crippen molar-refractivity contribution in [1.29, 1.82) is 0 Å². The van der Waals surface area contributed by atoms with Crippen LogP contribution < -0.4 is 0 Å². The van der Waals surface area contributed by atoms with Crippen molar-refractivity contribution >= 4 is 11.8 Å². The van der Waals surface area contributed by atoms with Crippen molar-refractivity contribution in [3.8, 4) is 0 Å². The predicted octanol–water partition coefficient (Wildman–Crippen LogP) is 1.53. The van der Waals surface area contributed by atoms with Crippen LogP contribution in [0.2, 0.25) is 0 Å². The Morgan fingerprint density at radius 3 is 3.06 bits per heavy atom. The minimum absolute atomic E-state index is 0.0128. The standard InChI is InChI=1S/C12H19N3O2S/c16-11(10-8-13-15-14-10)9-1-4-17-12(7-9)2-5-18-6-3-12/h8-9,11,16H,1-7H2,(H,13,14,15). The molecule has 0 radical (unpaired) electrons. The molecule has 0 saturated carbocycles. The molecule has 0 amide bonds. The van der Waals surface area contributed by atoms with Gasteiger partial charge in [0.1, 0.15) is 11.8 Å². The van der Waals surface area contributed by atoms with E-state index < -0.39 is 6.10 Å². The molecule has 3 heterocycles. The number of thioether (sulfide) groups is 1. The van der Waals surface area contributed by atoms with Crippen molar-refractivity contribution in [3.05, 3.63) is 11.9 Å². The first-order chi connectivity index (χ1) is 8.79. The molecule has 18 heavy (non-hydrogen) atoms. The van der Waals surface area contributed by atoms with Gasteiger partial charge in [0.2, 0.25) is 0 Å². The average Bonchev–Trinajstić information content (AvgIpc) is 2.93. The molecule has 2 aliphatic heterocycles. The maximum absolute atomic E-state index is 10.4. The van der Waals surface area contributed by atoms with Crippen molar-refractivity contribution in [2.24, 2.45) is 5.92 Å². The van der Waals surface area contributed by atoms with Gasteiger partial charge in [-0.1, -0.05) is 0 Å². The molecular weight excluding hydrogens is 250 g/mol. The summed E-state index contributed by atoms with van der Waals surface area (Å²) in [4.78, 5) is 0. The van der Waals surface area contributed by atoms with E-state index in [1.807, 2.05) is 11.8 Å². The van der Waals surface area contributed by atoms with Gasteiger partial charge in [-0.3, -0.25) is 0 Å². The van der Waals surface area contributed by atoms with Gasteiger partial charge in [-0.15, -0.1) is 0 Å². The van der Waals surface area contributed by atoms with Crippen LogP contribution in [0.4, 0.5) is 0 Å². The second kappa shape index (κ2) is 5.19. The molecule has 2 unspecified atom stereocenters. The lowest BCUT2D eigenvalue weighted by molar-refractivity contribution is -0.121. The minimum atomic E-state index is -0.515. The lowest BCUT2D eigenvalue weighted by Crippen LogP contribution is -2.44. The van der Waals surface area contributed by atoms with Crippen LogP contribution in [0.1, 0.15) is 37.5 Å². The molecule has 3 rings (SSSR count). The molecule has 2 saturated heterocycles. The highest BCUT2D eigenvalue weighted by Crippen LogP contribution is 2.43. The number of hydrogen-bond donors (Lipinski definition) is 2.